The van der Waals surface area contributed by atoms with Gasteiger partial charge >= 0.3 is 6.09 Å². The van der Waals surface area contributed by atoms with Crippen molar-refractivity contribution < 1.29 is 9.53 Å². The molecule has 1 unspecified atom stereocenters. The Bertz CT molecular complexity index is 276. The quantitative estimate of drug-likeness (QED) is 0.674. The van der Waals surface area contributed by atoms with E-state index in [2.05, 4.69) is 17.5 Å². The van der Waals surface area contributed by atoms with E-state index in [1.807, 2.05) is 20.8 Å². The van der Waals surface area contributed by atoms with Gasteiger partial charge in [-0.15, -0.1) is 0 Å². The number of allylic oxidation sites excluding steroid dienone is 2. The summed E-state index contributed by atoms with van der Waals surface area (Å²) in [6.45, 7) is 5.65. The second kappa shape index (κ2) is 3.54. The van der Waals surface area contributed by atoms with E-state index in [4.69, 9.17) is 4.74 Å². The Kier molecular flexibility index (Phi) is 2.49. The van der Waals surface area contributed by atoms with Gasteiger partial charge in [0, 0.05) is 6.04 Å². The van der Waals surface area contributed by atoms with Crippen molar-refractivity contribution in [2.24, 2.45) is 11.8 Å². The van der Waals surface area contributed by atoms with Gasteiger partial charge < -0.3 is 10.1 Å². The summed E-state index contributed by atoms with van der Waals surface area (Å²) in [5, 5.41) is 2.95. The lowest BCUT2D eigenvalue weighted by atomic mass is 10.1. The van der Waals surface area contributed by atoms with Crippen molar-refractivity contribution in [3.8, 4) is 0 Å². The van der Waals surface area contributed by atoms with Crippen LogP contribution in [0.15, 0.2) is 12.2 Å². The Hall–Kier alpha value is -0.990. The highest BCUT2D eigenvalue weighted by Crippen LogP contribution is 2.47. The van der Waals surface area contributed by atoms with Gasteiger partial charge in [-0.25, -0.2) is 4.79 Å². The molecule has 2 aliphatic carbocycles. The molecule has 0 aliphatic heterocycles. The van der Waals surface area contributed by atoms with Crippen molar-refractivity contribution in [3.63, 3.8) is 0 Å². The highest BCUT2D eigenvalue weighted by Gasteiger charge is 2.50. The molecule has 0 radical (unpaired) electrons. The number of fused-ring (bicyclic) bond motifs is 1. The number of carbonyl (C=O) groups excluding carboxylic acids is 1. The molecule has 2 rings (SSSR count). The molecule has 3 nitrogen and oxygen atoms in total. The topological polar surface area (TPSA) is 38.3 Å². The summed E-state index contributed by atoms with van der Waals surface area (Å²) in [6.07, 6.45) is 6.34. The average Bonchev–Trinajstić information content (AvgIpc) is 2.76. The maximum atomic E-state index is 11.5. The van der Waals surface area contributed by atoms with Gasteiger partial charge in [0.15, 0.2) is 0 Å². The van der Waals surface area contributed by atoms with Crippen molar-refractivity contribution in [3.05, 3.63) is 12.2 Å². The minimum atomic E-state index is -0.400. The predicted octanol–water partition coefficient (Wildman–Crippen LogP) is 2.48. The third-order valence-electron chi connectivity index (χ3n) is 3.00. The van der Waals surface area contributed by atoms with Crippen LogP contribution in [-0.2, 0) is 4.74 Å². The smallest absolute Gasteiger partial charge is 0.407 e. The van der Waals surface area contributed by atoms with Crippen LogP contribution in [0.4, 0.5) is 4.79 Å². The minimum Gasteiger partial charge on any atom is -0.444 e. The monoisotopic (exact) mass is 209 g/mol. The molecule has 84 valence electrons. The molecule has 0 saturated heterocycles. The zero-order valence-corrected chi connectivity index (χ0v) is 9.62. The SMILES string of the molecule is CC(C)(C)OC(=O)NC1[C@H]2CC=CC[C@@H]12. The zero-order valence-electron chi connectivity index (χ0n) is 9.62. The van der Waals surface area contributed by atoms with E-state index in [1.165, 1.54) is 0 Å². The van der Waals surface area contributed by atoms with Crippen molar-refractivity contribution in [1.82, 2.24) is 5.32 Å². The molecule has 2 aliphatic rings. The Morgan fingerprint density at radius 3 is 2.27 bits per heavy atom. The third kappa shape index (κ3) is 2.52. The first-order valence-electron chi connectivity index (χ1n) is 5.62. The molecule has 1 N–H and O–H groups in total. The summed E-state index contributed by atoms with van der Waals surface area (Å²) >= 11 is 0. The molecule has 0 spiro atoms. The average molecular weight is 209 g/mol. The molecule has 0 heterocycles. The zero-order chi connectivity index (χ0) is 11.1. The first-order chi connectivity index (χ1) is 6.97. The normalized spacial score (nSPS) is 33.1. The lowest BCUT2D eigenvalue weighted by Gasteiger charge is -2.19. The molecule has 0 aromatic heterocycles. The summed E-state index contributed by atoms with van der Waals surface area (Å²) in [5.41, 5.74) is -0.400. The summed E-state index contributed by atoms with van der Waals surface area (Å²) < 4.78 is 5.22. The Morgan fingerprint density at radius 2 is 1.80 bits per heavy atom. The van der Waals surface area contributed by atoms with Crippen LogP contribution in [0.2, 0.25) is 0 Å². The van der Waals surface area contributed by atoms with E-state index in [0.717, 1.165) is 12.8 Å². The third-order valence-corrected chi connectivity index (χ3v) is 3.00. The Morgan fingerprint density at radius 1 is 1.27 bits per heavy atom. The van der Waals surface area contributed by atoms with Gasteiger partial charge in [0.25, 0.3) is 0 Å². The van der Waals surface area contributed by atoms with Gasteiger partial charge in [0.1, 0.15) is 5.60 Å². The summed E-state index contributed by atoms with van der Waals surface area (Å²) in [7, 11) is 0. The van der Waals surface area contributed by atoms with E-state index in [0.29, 0.717) is 17.9 Å². The largest absolute Gasteiger partial charge is 0.444 e. The van der Waals surface area contributed by atoms with Crippen LogP contribution in [0, 0.1) is 11.8 Å². The maximum Gasteiger partial charge on any atom is 0.407 e. The van der Waals surface area contributed by atoms with Gasteiger partial charge in [0.2, 0.25) is 0 Å². The van der Waals surface area contributed by atoms with Crippen LogP contribution in [0.5, 0.6) is 0 Å². The van der Waals surface area contributed by atoms with Crippen LogP contribution >= 0.6 is 0 Å². The molecular formula is C12H19NO2. The Labute approximate surface area is 90.9 Å². The van der Waals surface area contributed by atoms with E-state index < -0.39 is 5.60 Å². The minimum absolute atomic E-state index is 0.276. The summed E-state index contributed by atoms with van der Waals surface area (Å²) in [4.78, 5) is 11.5. The molecular weight excluding hydrogens is 190 g/mol. The van der Waals surface area contributed by atoms with Gasteiger partial charge in [0.05, 0.1) is 0 Å². The van der Waals surface area contributed by atoms with Crippen LogP contribution < -0.4 is 5.32 Å². The van der Waals surface area contributed by atoms with Gasteiger partial charge in [-0.3, -0.25) is 0 Å². The fourth-order valence-corrected chi connectivity index (χ4v) is 2.25. The van der Waals surface area contributed by atoms with Gasteiger partial charge in [-0.1, -0.05) is 12.2 Å². The van der Waals surface area contributed by atoms with Gasteiger partial charge in [-0.2, -0.15) is 0 Å². The van der Waals surface area contributed by atoms with E-state index in [1.54, 1.807) is 0 Å². The molecule has 0 bridgehead atoms. The molecule has 15 heavy (non-hydrogen) atoms. The first kappa shape index (κ1) is 10.5. The summed E-state index contributed by atoms with van der Waals surface area (Å²) in [6, 6.07) is 0.342. The maximum absolute atomic E-state index is 11.5. The molecule has 1 amide bonds. The number of ether oxygens (including phenoxy) is 1. The van der Waals surface area contributed by atoms with E-state index in [9.17, 15) is 4.79 Å². The number of hydrogen-bond donors (Lipinski definition) is 1. The molecule has 0 aromatic rings. The molecule has 3 atom stereocenters. The number of nitrogens with one attached hydrogen (secondary N) is 1. The molecule has 3 heteroatoms. The van der Waals surface area contributed by atoms with Crippen LogP contribution in [-0.4, -0.2) is 17.7 Å². The van der Waals surface area contributed by atoms with Crippen molar-refractivity contribution in [1.29, 1.82) is 0 Å². The highest BCUT2D eigenvalue weighted by molar-refractivity contribution is 5.68. The van der Waals surface area contributed by atoms with Crippen LogP contribution in [0.1, 0.15) is 33.6 Å². The molecule has 1 saturated carbocycles. The molecule has 1 fully saturated rings. The lowest BCUT2D eigenvalue weighted by Crippen LogP contribution is -2.34. The van der Waals surface area contributed by atoms with E-state index in [-0.39, 0.29) is 6.09 Å². The van der Waals surface area contributed by atoms with Gasteiger partial charge in [-0.05, 0) is 45.4 Å². The summed E-state index contributed by atoms with van der Waals surface area (Å²) in [5.74, 6) is 1.31. The fraction of sp³-hybridized carbons (Fsp3) is 0.750. The number of carbonyl (C=O) groups is 1. The lowest BCUT2D eigenvalue weighted by molar-refractivity contribution is 0.0519. The van der Waals surface area contributed by atoms with Crippen molar-refractivity contribution in [2.45, 2.75) is 45.3 Å². The number of amides is 1. The van der Waals surface area contributed by atoms with E-state index >= 15 is 0 Å². The second-order valence-electron chi connectivity index (χ2n) is 5.44. The highest BCUT2D eigenvalue weighted by atomic mass is 16.6. The fourth-order valence-electron chi connectivity index (χ4n) is 2.25. The number of alkyl carbamates (subject to hydrolysis) is 1. The number of rotatable bonds is 1. The van der Waals surface area contributed by atoms with Crippen LogP contribution in [0.3, 0.4) is 0 Å². The van der Waals surface area contributed by atoms with Crippen molar-refractivity contribution in [2.75, 3.05) is 0 Å². The molecule has 0 aromatic carbocycles. The van der Waals surface area contributed by atoms with Crippen molar-refractivity contribution >= 4 is 6.09 Å². The van der Waals surface area contributed by atoms with Crippen LogP contribution in [0.25, 0.3) is 0 Å². The first-order valence-corrected chi connectivity index (χ1v) is 5.62. The standard InChI is InChI=1S/C12H19NO2/c1-12(2,3)15-11(14)13-10-8-6-4-5-7-9(8)10/h4-5,8-10H,6-7H2,1-3H3,(H,13,14)/t8-,9+,10?. The predicted molar refractivity (Wildman–Crippen MR) is 58.5 cm³/mol. The number of hydrogen-bond acceptors (Lipinski definition) is 2. The second-order valence-corrected chi connectivity index (χ2v) is 5.44. The Balaban J connectivity index is 1.78.